The maximum Gasteiger partial charge on any atom is 0.146 e. The smallest absolute Gasteiger partial charge is 0.146 e. The molecule has 0 aliphatic heterocycles. The Kier molecular flexibility index (Phi) is 4.47. The molecule has 0 aliphatic rings. The van der Waals surface area contributed by atoms with Crippen LogP contribution in [0.4, 0.5) is 10.1 Å². The first-order valence-electron chi connectivity index (χ1n) is 6.27. The number of hydrogen-bond donors (Lipinski definition) is 1. The molecule has 2 rings (SSSR count). The largest absolute Gasteiger partial charge is 0.396 e. The quantitative estimate of drug-likeness (QED) is 0.839. The number of para-hydroxylation sites is 1. The molecule has 0 saturated heterocycles. The predicted molar refractivity (Wildman–Crippen MR) is 75.1 cm³/mol. The van der Waals surface area contributed by atoms with Crippen molar-refractivity contribution in [1.82, 2.24) is 9.88 Å². The van der Waals surface area contributed by atoms with Crippen LogP contribution in [-0.2, 0) is 13.0 Å². The lowest BCUT2D eigenvalue weighted by molar-refractivity contribution is 0.331. The van der Waals surface area contributed by atoms with E-state index in [1.54, 1.807) is 18.5 Å². The molecule has 0 saturated carbocycles. The minimum Gasteiger partial charge on any atom is -0.396 e. The number of likely N-dealkylation sites (N-methyl/N-ethyl adjacent to an activating group) is 1. The SMILES string of the molecule is CN(CCc1ccncc1)Cc1cccc(F)c1N. The average Bonchev–Trinajstić information content (AvgIpc) is 2.43. The van der Waals surface area contributed by atoms with Crippen molar-refractivity contribution in [2.24, 2.45) is 0 Å². The molecule has 0 unspecified atom stereocenters. The summed E-state index contributed by atoms with van der Waals surface area (Å²) in [6, 6.07) is 8.95. The number of nitrogens with two attached hydrogens (primary N) is 1. The van der Waals surface area contributed by atoms with Gasteiger partial charge in [0.25, 0.3) is 0 Å². The van der Waals surface area contributed by atoms with Gasteiger partial charge in [-0.2, -0.15) is 0 Å². The Morgan fingerprint density at radius 2 is 1.95 bits per heavy atom. The summed E-state index contributed by atoms with van der Waals surface area (Å²) in [5, 5.41) is 0. The van der Waals surface area contributed by atoms with E-state index < -0.39 is 0 Å². The minimum absolute atomic E-state index is 0.248. The Bertz CT molecular complexity index is 528. The molecular weight excluding hydrogens is 241 g/mol. The molecule has 2 N–H and O–H groups in total. The van der Waals surface area contributed by atoms with Crippen LogP contribution < -0.4 is 5.73 Å². The van der Waals surface area contributed by atoms with Crippen molar-refractivity contribution in [1.29, 1.82) is 0 Å². The Hall–Kier alpha value is -1.94. The van der Waals surface area contributed by atoms with E-state index in [9.17, 15) is 4.39 Å². The third-order valence-corrected chi connectivity index (χ3v) is 3.12. The fourth-order valence-corrected chi connectivity index (χ4v) is 1.96. The Morgan fingerprint density at radius 3 is 2.68 bits per heavy atom. The zero-order chi connectivity index (χ0) is 13.7. The number of halogens is 1. The van der Waals surface area contributed by atoms with Crippen LogP contribution in [0, 0.1) is 5.82 Å². The highest BCUT2D eigenvalue weighted by Gasteiger charge is 2.07. The van der Waals surface area contributed by atoms with E-state index in [0.29, 0.717) is 6.54 Å². The van der Waals surface area contributed by atoms with Crippen LogP contribution in [0.1, 0.15) is 11.1 Å². The van der Waals surface area contributed by atoms with Crippen LogP contribution in [0.3, 0.4) is 0 Å². The van der Waals surface area contributed by atoms with Gasteiger partial charge in [0.05, 0.1) is 5.69 Å². The minimum atomic E-state index is -0.347. The Balaban J connectivity index is 1.91. The highest BCUT2D eigenvalue weighted by molar-refractivity contribution is 5.47. The predicted octanol–water partition coefficient (Wildman–Crippen LogP) is 2.48. The summed E-state index contributed by atoms with van der Waals surface area (Å²) >= 11 is 0. The van der Waals surface area contributed by atoms with Gasteiger partial charge in [0, 0.05) is 25.5 Å². The van der Waals surface area contributed by atoms with Crippen molar-refractivity contribution in [2.45, 2.75) is 13.0 Å². The highest BCUT2D eigenvalue weighted by atomic mass is 19.1. The molecule has 0 fully saturated rings. The van der Waals surface area contributed by atoms with Gasteiger partial charge in [-0.15, -0.1) is 0 Å². The van der Waals surface area contributed by atoms with Crippen LogP contribution in [0.5, 0.6) is 0 Å². The van der Waals surface area contributed by atoms with Crippen molar-refractivity contribution >= 4 is 5.69 Å². The van der Waals surface area contributed by atoms with Crippen LogP contribution in [0.2, 0.25) is 0 Å². The summed E-state index contributed by atoms with van der Waals surface area (Å²) in [4.78, 5) is 6.12. The summed E-state index contributed by atoms with van der Waals surface area (Å²) in [5.74, 6) is -0.347. The average molecular weight is 259 g/mol. The van der Waals surface area contributed by atoms with Crippen molar-refractivity contribution in [3.63, 3.8) is 0 Å². The van der Waals surface area contributed by atoms with Gasteiger partial charge in [-0.3, -0.25) is 4.98 Å². The van der Waals surface area contributed by atoms with Gasteiger partial charge in [-0.25, -0.2) is 4.39 Å². The molecule has 1 aromatic carbocycles. The molecule has 0 aliphatic carbocycles. The van der Waals surface area contributed by atoms with Gasteiger partial charge in [-0.1, -0.05) is 12.1 Å². The number of hydrogen-bond acceptors (Lipinski definition) is 3. The van der Waals surface area contributed by atoms with E-state index in [1.165, 1.54) is 11.6 Å². The number of pyridine rings is 1. The van der Waals surface area contributed by atoms with Gasteiger partial charge < -0.3 is 10.6 Å². The molecule has 0 bridgehead atoms. The normalized spacial score (nSPS) is 10.9. The number of rotatable bonds is 5. The fraction of sp³-hybridized carbons (Fsp3) is 0.267. The molecule has 1 heterocycles. The number of benzene rings is 1. The molecule has 4 heteroatoms. The maximum absolute atomic E-state index is 13.3. The van der Waals surface area contributed by atoms with Gasteiger partial charge in [0.15, 0.2) is 0 Å². The Morgan fingerprint density at radius 1 is 1.21 bits per heavy atom. The molecule has 3 nitrogen and oxygen atoms in total. The number of aromatic nitrogens is 1. The summed E-state index contributed by atoms with van der Waals surface area (Å²) in [5.41, 5.74) is 8.05. The van der Waals surface area contributed by atoms with E-state index in [-0.39, 0.29) is 11.5 Å². The molecule has 19 heavy (non-hydrogen) atoms. The van der Waals surface area contributed by atoms with Crippen molar-refractivity contribution < 1.29 is 4.39 Å². The third-order valence-electron chi connectivity index (χ3n) is 3.12. The monoisotopic (exact) mass is 259 g/mol. The van der Waals surface area contributed by atoms with Crippen LogP contribution in [0.25, 0.3) is 0 Å². The molecule has 0 atom stereocenters. The maximum atomic E-state index is 13.3. The molecule has 100 valence electrons. The first-order valence-corrected chi connectivity index (χ1v) is 6.27. The fourth-order valence-electron chi connectivity index (χ4n) is 1.96. The van der Waals surface area contributed by atoms with E-state index in [0.717, 1.165) is 18.5 Å². The van der Waals surface area contributed by atoms with E-state index in [2.05, 4.69) is 9.88 Å². The lowest BCUT2D eigenvalue weighted by Gasteiger charge is -2.18. The standard InChI is InChI=1S/C15H18FN3/c1-19(10-7-12-5-8-18-9-6-12)11-13-3-2-4-14(16)15(13)17/h2-6,8-9H,7,10-11,17H2,1H3. The second kappa shape index (κ2) is 6.29. The van der Waals surface area contributed by atoms with Crippen molar-refractivity contribution in [2.75, 3.05) is 19.3 Å². The number of anilines is 1. The van der Waals surface area contributed by atoms with Crippen LogP contribution in [0.15, 0.2) is 42.7 Å². The second-order valence-electron chi connectivity index (χ2n) is 4.66. The van der Waals surface area contributed by atoms with E-state index in [4.69, 9.17) is 5.73 Å². The van der Waals surface area contributed by atoms with Gasteiger partial charge >= 0.3 is 0 Å². The highest BCUT2D eigenvalue weighted by Crippen LogP contribution is 2.17. The molecule has 0 amide bonds. The van der Waals surface area contributed by atoms with Gasteiger partial charge in [-0.05, 0) is 42.8 Å². The molecule has 2 aromatic rings. The third kappa shape index (κ3) is 3.76. The van der Waals surface area contributed by atoms with Crippen molar-refractivity contribution in [3.8, 4) is 0 Å². The first-order chi connectivity index (χ1) is 9.16. The van der Waals surface area contributed by atoms with Crippen molar-refractivity contribution in [3.05, 3.63) is 59.7 Å². The molecule has 0 spiro atoms. The molecule has 1 aromatic heterocycles. The number of nitrogens with zero attached hydrogens (tertiary/aromatic N) is 2. The van der Waals surface area contributed by atoms with Gasteiger partial charge in [0.1, 0.15) is 5.82 Å². The van der Waals surface area contributed by atoms with Gasteiger partial charge in [0.2, 0.25) is 0 Å². The van der Waals surface area contributed by atoms with Crippen LogP contribution >= 0.6 is 0 Å². The van der Waals surface area contributed by atoms with Crippen LogP contribution in [-0.4, -0.2) is 23.5 Å². The zero-order valence-electron chi connectivity index (χ0n) is 11.0. The van der Waals surface area contributed by atoms with E-state index in [1.807, 2.05) is 25.2 Å². The summed E-state index contributed by atoms with van der Waals surface area (Å²) in [6.07, 6.45) is 4.52. The molecular formula is C15H18FN3. The summed E-state index contributed by atoms with van der Waals surface area (Å²) < 4.78 is 13.3. The lowest BCUT2D eigenvalue weighted by atomic mass is 10.1. The zero-order valence-corrected chi connectivity index (χ0v) is 11.0. The Labute approximate surface area is 112 Å². The summed E-state index contributed by atoms with van der Waals surface area (Å²) in [7, 11) is 2.01. The second-order valence-corrected chi connectivity index (χ2v) is 4.66. The number of nitrogen functional groups attached to an aromatic ring is 1. The lowest BCUT2D eigenvalue weighted by Crippen LogP contribution is -2.21. The molecule has 0 radical (unpaired) electrons. The topological polar surface area (TPSA) is 42.2 Å². The van der Waals surface area contributed by atoms with E-state index >= 15 is 0 Å². The summed E-state index contributed by atoms with van der Waals surface area (Å²) in [6.45, 7) is 1.54. The first kappa shape index (κ1) is 13.5.